The van der Waals surface area contributed by atoms with Gasteiger partial charge in [-0.15, -0.1) is 0 Å². The van der Waals surface area contributed by atoms with Crippen LogP contribution < -0.4 is 5.32 Å². The molecule has 1 aliphatic rings. The number of rotatable bonds is 5. The van der Waals surface area contributed by atoms with E-state index in [2.05, 4.69) is 5.32 Å². The van der Waals surface area contributed by atoms with Gasteiger partial charge in [-0.05, 0) is 0 Å². The number of ether oxygens (including phenoxy) is 4. The first-order chi connectivity index (χ1) is 11.1. The van der Waals surface area contributed by atoms with E-state index in [-0.39, 0.29) is 6.61 Å². The Morgan fingerprint density at radius 2 is 1.50 bits per heavy atom. The highest BCUT2D eigenvalue weighted by atomic mass is 16.7. The molecule has 4 unspecified atom stereocenters. The van der Waals surface area contributed by atoms with Crippen molar-refractivity contribution in [3.05, 3.63) is 0 Å². The molecular formula is C14H21NO9. The van der Waals surface area contributed by atoms with E-state index in [0.29, 0.717) is 0 Å². The standard InChI is InChI=1S/C14H21NO9/c1-6(16)15-11-13(23-9(4)19)12(22-8(3)18)10(24-14(11)20)5-21-7(2)17/h10-14,20H,5H2,1-4H3,(H,15,16)/t10?,11?,12?,13-,14?/m1/s1. The van der Waals surface area contributed by atoms with E-state index in [4.69, 9.17) is 18.9 Å². The SMILES string of the molecule is CC(=O)NC1C(O)OC(COC(C)=O)C(OC(C)=O)[C@@H]1OC(C)=O. The monoisotopic (exact) mass is 347 g/mol. The van der Waals surface area contributed by atoms with Crippen LogP contribution in [0.4, 0.5) is 0 Å². The molecule has 0 aromatic carbocycles. The van der Waals surface area contributed by atoms with E-state index in [9.17, 15) is 24.3 Å². The van der Waals surface area contributed by atoms with E-state index in [1.54, 1.807) is 0 Å². The molecule has 1 heterocycles. The number of amides is 1. The molecule has 0 aliphatic carbocycles. The predicted octanol–water partition coefficient (Wildman–Crippen LogP) is -1.37. The van der Waals surface area contributed by atoms with Gasteiger partial charge in [0.1, 0.15) is 18.8 Å². The molecule has 0 radical (unpaired) electrons. The molecule has 2 N–H and O–H groups in total. The first kappa shape index (κ1) is 19.8. The van der Waals surface area contributed by atoms with E-state index in [1.807, 2.05) is 0 Å². The second-order valence-corrected chi connectivity index (χ2v) is 5.24. The zero-order chi connectivity index (χ0) is 18.4. The number of carbonyl (C=O) groups excluding carboxylic acids is 4. The number of carbonyl (C=O) groups is 4. The molecule has 0 bridgehead atoms. The van der Waals surface area contributed by atoms with Gasteiger partial charge in [-0.25, -0.2) is 0 Å². The van der Waals surface area contributed by atoms with Crippen LogP contribution in [-0.4, -0.2) is 66.2 Å². The van der Waals surface area contributed by atoms with Crippen molar-refractivity contribution in [1.29, 1.82) is 0 Å². The number of aliphatic hydroxyl groups excluding tert-OH is 1. The maximum absolute atomic E-state index is 11.4. The largest absolute Gasteiger partial charge is 0.463 e. The zero-order valence-corrected chi connectivity index (χ0v) is 13.8. The lowest BCUT2D eigenvalue weighted by atomic mass is 9.96. The maximum atomic E-state index is 11.4. The second-order valence-electron chi connectivity index (χ2n) is 5.24. The van der Waals surface area contributed by atoms with Gasteiger partial charge in [-0.1, -0.05) is 0 Å². The zero-order valence-electron chi connectivity index (χ0n) is 13.8. The summed E-state index contributed by atoms with van der Waals surface area (Å²) in [6, 6.07) is -1.16. The maximum Gasteiger partial charge on any atom is 0.303 e. The lowest BCUT2D eigenvalue weighted by Crippen LogP contribution is -2.66. The molecule has 0 saturated carbocycles. The summed E-state index contributed by atoms with van der Waals surface area (Å²) in [6.07, 6.45) is -5.06. The Hall–Kier alpha value is -2.20. The van der Waals surface area contributed by atoms with Gasteiger partial charge in [0.15, 0.2) is 18.5 Å². The van der Waals surface area contributed by atoms with Gasteiger partial charge in [0.2, 0.25) is 5.91 Å². The highest BCUT2D eigenvalue weighted by Crippen LogP contribution is 2.26. The molecule has 10 heteroatoms. The van der Waals surface area contributed by atoms with Gasteiger partial charge in [0.25, 0.3) is 0 Å². The Kier molecular flexibility index (Phi) is 7.11. The van der Waals surface area contributed by atoms with Crippen LogP contribution in [0.25, 0.3) is 0 Å². The smallest absolute Gasteiger partial charge is 0.303 e. The summed E-state index contributed by atoms with van der Waals surface area (Å²) in [6.45, 7) is 4.28. The van der Waals surface area contributed by atoms with Crippen LogP contribution in [0.15, 0.2) is 0 Å². The van der Waals surface area contributed by atoms with Gasteiger partial charge in [0.05, 0.1) is 0 Å². The molecule has 136 valence electrons. The molecule has 1 saturated heterocycles. The molecule has 24 heavy (non-hydrogen) atoms. The molecule has 5 atom stereocenters. The predicted molar refractivity (Wildman–Crippen MR) is 76.2 cm³/mol. The van der Waals surface area contributed by atoms with Crippen molar-refractivity contribution in [3.63, 3.8) is 0 Å². The van der Waals surface area contributed by atoms with Gasteiger partial charge in [-0.3, -0.25) is 19.2 Å². The Bertz CT molecular complexity index is 506. The van der Waals surface area contributed by atoms with Crippen LogP contribution in [0.2, 0.25) is 0 Å². The van der Waals surface area contributed by atoms with Crippen LogP contribution in [-0.2, 0) is 38.1 Å². The van der Waals surface area contributed by atoms with Gasteiger partial charge >= 0.3 is 17.9 Å². The Morgan fingerprint density at radius 1 is 0.958 bits per heavy atom. The summed E-state index contributed by atoms with van der Waals surface area (Å²) in [5.74, 6) is -2.54. The minimum atomic E-state index is -1.56. The molecule has 0 aromatic heterocycles. The highest BCUT2D eigenvalue weighted by Gasteiger charge is 2.50. The summed E-state index contributed by atoms with van der Waals surface area (Å²) in [5.41, 5.74) is 0. The molecule has 0 spiro atoms. The number of hydrogen-bond donors (Lipinski definition) is 2. The van der Waals surface area contributed by atoms with E-state index in [0.717, 1.165) is 13.8 Å². The van der Waals surface area contributed by atoms with Crippen LogP contribution in [0, 0.1) is 0 Å². The lowest BCUT2D eigenvalue weighted by molar-refractivity contribution is -0.264. The van der Waals surface area contributed by atoms with E-state index in [1.165, 1.54) is 13.8 Å². The Morgan fingerprint density at radius 3 is 1.96 bits per heavy atom. The lowest BCUT2D eigenvalue weighted by Gasteiger charge is -2.43. The quantitative estimate of drug-likeness (QED) is 0.456. The second kappa shape index (κ2) is 8.60. The Labute approximate surface area is 138 Å². The number of nitrogens with one attached hydrogen (secondary N) is 1. The summed E-state index contributed by atoms with van der Waals surface area (Å²) in [7, 11) is 0. The minimum absolute atomic E-state index is 0.338. The van der Waals surface area contributed by atoms with Crippen molar-refractivity contribution in [2.24, 2.45) is 0 Å². The van der Waals surface area contributed by atoms with Crippen LogP contribution in [0.3, 0.4) is 0 Å². The number of hydrogen-bond acceptors (Lipinski definition) is 9. The summed E-state index contributed by atoms with van der Waals surface area (Å²) in [4.78, 5) is 45.0. The highest BCUT2D eigenvalue weighted by molar-refractivity contribution is 5.73. The molecule has 1 aliphatic heterocycles. The van der Waals surface area contributed by atoms with Crippen LogP contribution in [0.5, 0.6) is 0 Å². The molecule has 10 nitrogen and oxygen atoms in total. The van der Waals surface area contributed by atoms with Crippen LogP contribution in [0.1, 0.15) is 27.7 Å². The third-order valence-electron chi connectivity index (χ3n) is 3.09. The first-order valence-corrected chi connectivity index (χ1v) is 7.20. The van der Waals surface area contributed by atoms with Gasteiger partial charge in [0, 0.05) is 27.7 Å². The van der Waals surface area contributed by atoms with Crippen molar-refractivity contribution >= 4 is 23.8 Å². The topological polar surface area (TPSA) is 137 Å². The summed E-state index contributed by atoms with van der Waals surface area (Å²) >= 11 is 0. The van der Waals surface area contributed by atoms with E-state index < -0.39 is 54.5 Å². The third kappa shape index (κ3) is 5.78. The molecule has 0 aromatic rings. The number of esters is 3. The summed E-state index contributed by atoms with van der Waals surface area (Å²) < 4.78 is 20.3. The fraction of sp³-hybridized carbons (Fsp3) is 0.714. The average molecular weight is 347 g/mol. The van der Waals surface area contributed by atoms with Crippen molar-refractivity contribution in [3.8, 4) is 0 Å². The van der Waals surface area contributed by atoms with Gasteiger partial charge in [-0.2, -0.15) is 0 Å². The fourth-order valence-corrected chi connectivity index (χ4v) is 2.31. The van der Waals surface area contributed by atoms with Crippen molar-refractivity contribution < 1.29 is 43.2 Å². The van der Waals surface area contributed by atoms with Crippen LogP contribution >= 0.6 is 0 Å². The van der Waals surface area contributed by atoms with Crippen molar-refractivity contribution in [2.45, 2.75) is 58.3 Å². The average Bonchev–Trinajstić information content (AvgIpc) is 2.42. The summed E-state index contributed by atoms with van der Waals surface area (Å²) in [5, 5.41) is 12.5. The fourth-order valence-electron chi connectivity index (χ4n) is 2.31. The van der Waals surface area contributed by atoms with Crippen molar-refractivity contribution in [1.82, 2.24) is 5.32 Å². The normalized spacial score (nSPS) is 29.3. The number of aliphatic hydroxyl groups is 1. The molecular weight excluding hydrogens is 326 g/mol. The molecule has 1 fully saturated rings. The minimum Gasteiger partial charge on any atom is -0.463 e. The van der Waals surface area contributed by atoms with Gasteiger partial charge < -0.3 is 29.4 Å². The molecule has 1 rings (SSSR count). The van der Waals surface area contributed by atoms with E-state index >= 15 is 0 Å². The van der Waals surface area contributed by atoms with Crippen molar-refractivity contribution in [2.75, 3.05) is 6.61 Å². The third-order valence-corrected chi connectivity index (χ3v) is 3.09. The molecule has 1 amide bonds. The first-order valence-electron chi connectivity index (χ1n) is 7.20. The Balaban J connectivity index is 3.11.